The molecule has 2 aromatic rings. The van der Waals surface area contributed by atoms with Gasteiger partial charge in [0.1, 0.15) is 12.4 Å². The summed E-state index contributed by atoms with van der Waals surface area (Å²) >= 11 is 0. The molecule has 0 amide bonds. The number of nitrogens with zero attached hydrogens (tertiary/aromatic N) is 3. The average molecular weight is 249 g/mol. The molecular formula is C11H15N5O2. The molecule has 0 radical (unpaired) electrons. The maximum Gasteiger partial charge on any atom is 0.348 e. The maximum absolute atomic E-state index is 11.3. The number of nitrogens with one attached hydrogen (secondary N) is 1. The summed E-state index contributed by atoms with van der Waals surface area (Å²) in [7, 11) is 0. The van der Waals surface area contributed by atoms with Crippen LogP contribution in [0.3, 0.4) is 0 Å². The number of ether oxygens (including phenoxy) is 1. The van der Waals surface area contributed by atoms with Crippen molar-refractivity contribution in [3.8, 4) is 5.88 Å². The zero-order valence-electron chi connectivity index (χ0n) is 9.87. The molecule has 3 N–H and O–H groups in total. The number of hydrogen-bond donors (Lipinski definition) is 2. The number of hydrogen-bond acceptors (Lipinski definition) is 5. The molecule has 0 saturated heterocycles. The van der Waals surface area contributed by atoms with Crippen molar-refractivity contribution >= 4 is 5.65 Å². The Morgan fingerprint density at radius 3 is 3.28 bits per heavy atom. The van der Waals surface area contributed by atoms with E-state index in [-0.39, 0.29) is 11.8 Å². The molecule has 96 valence electrons. The van der Waals surface area contributed by atoms with Crippen LogP contribution in [0.25, 0.3) is 5.65 Å². The summed E-state index contributed by atoms with van der Waals surface area (Å²) in [5, 5.41) is 6.23. The Labute approximate surface area is 103 Å². The second kappa shape index (κ2) is 4.41. The Balaban J connectivity index is 1.84. The normalized spacial score (nSPS) is 23.6. The summed E-state index contributed by atoms with van der Waals surface area (Å²) in [4.78, 5) is 15.4. The topological polar surface area (TPSA) is 98.3 Å². The molecule has 1 aliphatic rings. The minimum atomic E-state index is -0.301. The quantitative estimate of drug-likeness (QED) is 0.793. The first kappa shape index (κ1) is 11.2. The smallest absolute Gasteiger partial charge is 0.348 e. The first-order valence-electron chi connectivity index (χ1n) is 6.07. The van der Waals surface area contributed by atoms with Crippen LogP contribution in [0.2, 0.25) is 0 Å². The van der Waals surface area contributed by atoms with Crippen LogP contribution in [0.4, 0.5) is 0 Å². The van der Waals surface area contributed by atoms with Crippen molar-refractivity contribution in [3.63, 3.8) is 0 Å². The third-order valence-electron chi connectivity index (χ3n) is 3.45. The van der Waals surface area contributed by atoms with Crippen LogP contribution in [0.1, 0.15) is 19.3 Å². The number of nitrogens with two attached hydrogens (primary N) is 1. The van der Waals surface area contributed by atoms with Gasteiger partial charge in [-0.1, -0.05) is 0 Å². The average Bonchev–Trinajstić information content (AvgIpc) is 2.97. The molecule has 18 heavy (non-hydrogen) atoms. The van der Waals surface area contributed by atoms with E-state index < -0.39 is 0 Å². The second-order valence-electron chi connectivity index (χ2n) is 4.57. The van der Waals surface area contributed by atoms with E-state index >= 15 is 0 Å². The summed E-state index contributed by atoms with van der Waals surface area (Å²) in [6.45, 7) is 0.634. The van der Waals surface area contributed by atoms with Gasteiger partial charge in [0.15, 0.2) is 5.65 Å². The fourth-order valence-electron chi connectivity index (χ4n) is 2.44. The van der Waals surface area contributed by atoms with Crippen molar-refractivity contribution in [2.75, 3.05) is 6.54 Å². The third kappa shape index (κ3) is 1.86. The zero-order valence-corrected chi connectivity index (χ0v) is 9.87. The van der Waals surface area contributed by atoms with E-state index in [9.17, 15) is 4.79 Å². The van der Waals surface area contributed by atoms with E-state index in [4.69, 9.17) is 10.5 Å². The molecule has 1 saturated carbocycles. The summed E-state index contributed by atoms with van der Waals surface area (Å²) in [6, 6.07) is 1.66. The molecule has 2 aromatic heterocycles. The minimum Gasteiger partial charge on any atom is -0.474 e. The lowest BCUT2D eigenvalue weighted by Crippen LogP contribution is -2.28. The van der Waals surface area contributed by atoms with Gasteiger partial charge in [0.25, 0.3) is 0 Å². The first-order valence-corrected chi connectivity index (χ1v) is 6.07. The lowest BCUT2D eigenvalue weighted by atomic mass is 10.1. The molecule has 2 atom stereocenters. The number of H-pyrrole nitrogens is 1. The van der Waals surface area contributed by atoms with Gasteiger partial charge in [-0.2, -0.15) is 5.10 Å². The molecule has 0 bridgehead atoms. The van der Waals surface area contributed by atoms with Gasteiger partial charge < -0.3 is 10.5 Å². The molecule has 0 aliphatic heterocycles. The molecule has 2 heterocycles. The van der Waals surface area contributed by atoms with Crippen molar-refractivity contribution in [2.24, 2.45) is 11.7 Å². The Hall–Kier alpha value is -1.89. The predicted molar refractivity (Wildman–Crippen MR) is 64.4 cm³/mol. The van der Waals surface area contributed by atoms with Crippen molar-refractivity contribution < 1.29 is 4.74 Å². The molecular weight excluding hydrogens is 234 g/mol. The highest BCUT2D eigenvalue weighted by Crippen LogP contribution is 2.28. The molecule has 1 fully saturated rings. The molecule has 0 spiro atoms. The van der Waals surface area contributed by atoms with Crippen molar-refractivity contribution in [1.82, 2.24) is 19.6 Å². The van der Waals surface area contributed by atoms with E-state index in [1.54, 1.807) is 6.07 Å². The van der Waals surface area contributed by atoms with Gasteiger partial charge in [-0.3, -0.25) is 0 Å². The summed E-state index contributed by atoms with van der Waals surface area (Å²) in [5.41, 5.74) is 5.91. The van der Waals surface area contributed by atoms with Crippen molar-refractivity contribution in [2.45, 2.75) is 25.4 Å². The van der Waals surface area contributed by atoms with Crippen LogP contribution in [-0.4, -0.2) is 32.2 Å². The molecule has 0 aromatic carbocycles. The summed E-state index contributed by atoms with van der Waals surface area (Å²) < 4.78 is 7.17. The number of aromatic nitrogens is 4. The van der Waals surface area contributed by atoms with E-state index in [0.29, 0.717) is 24.0 Å². The highest BCUT2D eigenvalue weighted by Gasteiger charge is 2.28. The molecule has 2 unspecified atom stereocenters. The molecule has 1 aliphatic carbocycles. The van der Waals surface area contributed by atoms with Gasteiger partial charge >= 0.3 is 5.69 Å². The van der Waals surface area contributed by atoms with Crippen LogP contribution in [-0.2, 0) is 0 Å². The van der Waals surface area contributed by atoms with Crippen LogP contribution >= 0.6 is 0 Å². The van der Waals surface area contributed by atoms with Crippen LogP contribution in [0.15, 0.2) is 17.2 Å². The Bertz CT molecular complexity index is 605. The maximum atomic E-state index is 11.3. The van der Waals surface area contributed by atoms with E-state index in [1.165, 1.54) is 10.7 Å². The number of fused-ring (bicyclic) bond motifs is 1. The van der Waals surface area contributed by atoms with Crippen LogP contribution in [0, 0.1) is 5.92 Å². The zero-order chi connectivity index (χ0) is 12.5. The van der Waals surface area contributed by atoms with Crippen LogP contribution < -0.4 is 16.2 Å². The van der Waals surface area contributed by atoms with Gasteiger partial charge in [0.2, 0.25) is 5.88 Å². The third-order valence-corrected chi connectivity index (χ3v) is 3.45. The lowest BCUT2D eigenvalue weighted by molar-refractivity contribution is 0.155. The molecule has 7 heteroatoms. The highest BCUT2D eigenvalue weighted by molar-refractivity contribution is 5.39. The number of rotatable bonds is 3. The molecule has 3 rings (SSSR count). The van der Waals surface area contributed by atoms with Gasteiger partial charge in [-0.25, -0.2) is 19.3 Å². The van der Waals surface area contributed by atoms with E-state index in [1.807, 2.05) is 0 Å². The number of aromatic amines is 1. The largest absolute Gasteiger partial charge is 0.474 e. The molecule has 7 nitrogen and oxygen atoms in total. The van der Waals surface area contributed by atoms with Gasteiger partial charge in [-0.15, -0.1) is 0 Å². The lowest BCUT2D eigenvalue weighted by Gasteiger charge is -2.18. The van der Waals surface area contributed by atoms with Gasteiger partial charge in [-0.05, 0) is 25.8 Å². The predicted octanol–water partition coefficient (Wildman–Crippen LogP) is -0.0762. The SMILES string of the molecule is NCC1CCCC1Oc1cc2n[nH]c(=O)n2cn1. The van der Waals surface area contributed by atoms with Crippen molar-refractivity contribution in [1.29, 1.82) is 0 Å². The van der Waals surface area contributed by atoms with E-state index in [0.717, 1.165) is 19.3 Å². The van der Waals surface area contributed by atoms with Crippen molar-refractivity contribution in [3.05, 3.63) is 22.9 Å². The second-order valence-corrected chi connectivity index (χ2v) is 4.57. The fraction of sp³-hybridized carbons (Fsp3) is 0.545. The Morgan fingerprint density at radius 1 is 1.56 bits per heavy atom. The summed E-state index contributed by atoms with van der Waals surface area (Å²) in [5.74, 6) is 0.885. The highest BCUT2D eigenvalue weighted by atomic mass is 16.5. The first-order chi connectivity index (χ1) is 8.78. The Kier molecular flexibility index (Phi) is 2.75. The Morgan fingerprint density at radius 2 is 2.44 bits per heavy atom. The van der Waals surface area contributed by atoms with Gasteiger partial charge in [0, 0.05) is 12.0 Å². The monoisotopic (exact) mass is 249 g/mol. The van der Waals surface area contributed by atoms with Gasteiger partial charge in [0.05, 0.1) is 0 Å². The summed E-state index contributed by atoms with van der Waals surface area (Å²) in [6.07, 6.45) is 4.78. The van der Waals surface area contributed by atoms with Crippen LogP contribution in [0.5, 0.6) is 5.88 Å². The minimum absolute atomic E-state index is 0.121. The van der Waals surface area contributed by atoms with E-state index in [2.05, 4.69) is 15.2 Å². The fourth-order valence-corrected chi connectivity index (χ4v) is 2.44. The standard InChI is InChI=1S/C11H15N5O2/c12-5-7-2-1-3-8(7)18-10-4-9-14-15-11(17)16(9)6-13-10/h4,6-8H,1-3,5,12H2,(H,15,17).